The fourth-order valence-electron chi connectivity index (χ4n) is 3.44. The molecule has 31 heavy (non-hydrogen) atoms. The van der Waals surface area contributed by atoms with Gasteiger partial charge in [-0.3, -0.25) is 4.79 Å². The van der Waals surface area contributed by atoms with Gasteiger partial charge >= 0.3 is 0 Å². The van der Waals surface area contributed by atoms with Gasteiger partial charge in [0.05, 0.1) is 23.6 Å². The maximum Gasteiger partial charge on any atom is 0.225 e. The largest absolute Gasteiger partial charge is 0.492 e. The molecule has 0 fully saturated rings. The van der Waals surface area contributed by atoms with E-state index in [1.165, 1.54) is 5.56 Å². The standard InChI is InChI=1S/C26H35N3O2/c1-18(27-24(30)26(5,6)7)23-28-21-10-8-9-11-22(21)29(23)16-17-31-20-14-12-19(13-15-20)25(2,3)4/h8-15,18H,16-17H2,1-7H3,(H,27,30). The normalized spacial score (nSPS) is 13.3. The lowest BCUT2D eigenvalue weighted by Gasteiger charge is -2.22. The molecule has 0 aliphatic heterocycles. The summed E-state index contributed by atoms with van der Waals surface area (Å²) in [5.41, 5.74) is 2.92. The molecule has 3 rings (SSSR count). The number of nitrogens with zero attached hydrogens (tertiary/aromatic N) is 2. The molecule has 1 unspecified atom stereocenters. The molecule has 5 heteroatoms. The Morgan fingerprint density at radius 2 is 1.68 bits per heavy atom. The van der Waals surface area contributed by atoms with E-state index in [4.69, 9.17) is 9.72 Å². The van der Waals surface area contributed by atoms with Crippen molar-refractivity contribution in [2.24, 2.45) is 5.41 Å². The van der Waals surface area contributed by atoms with Crippen LogP contribution in [0, 0.1) is 5.41 Å². The number of hydrogen-bond acceptors (Lipinski definition) is 3. The molecule has 0 aliphatic carbocycles. The molecule has 5 nitrogen and oxygen atoms in total. The maximum absolute atomic E-state index is 12.5. The summed E-state index contributed by atoms with van der Waals surface area (Å²) < 4.78 is 8.18. The van der Waals surface area contributed by atoms with Gasteiger partial charge in [-0.25, -0.2) is 4.98 Å². The molecule has 1 aromatic heterocycles. The number of carbonyl (C=O) groups is 1. The molecule has 1 atom stereocenters. The molecular formula is C26H35N3O2. The molecular weight excluding hydrogens is 386 g/mol. The van der Waals surface area contributed by atoms with E-state index in [2.05, 4.69) is 48.9 Å². The third-order valence-corrected chi connectivity index (χ3v) is 5.40. The van der Waals surface area contributed by atoms with Crippen LogP contribution >= 0.6 is 0 Å². The van der Waals surface area contributed by atoms with E-state index in [0.29, 0.717) is 13.2 Å². The van der Waals surface area contributed by atoms with Crippen molar-refractivity contribution in [3.8, 4) is 5.75 Å². The second-order valence-corrected chi connectivity index (χ2v) is 10.2. The topological polar surface area (TPSA) is 56.2 Å². The lowest BCUT2D eigenvalue weighted by atomic mass is 9.87. The lowest BCUT2D eigenvalue weighted by molar-refractivity contribution is -0.129. The van der Waals surface area contributed by atoms with Gasteiger partial charge in [0.1, 0.15) is 18.2 Å². The first-order chi connectivity index (χ1) is 14.5. The molecule has 166 valence electrons. The fourth-order valence-corrected chi connectivity index (χ4v) is 3.44. The highest BCUT2D eigenvalue weighted by atomic mass is 16.5. The summed E-state index contributed by atoms with van der Waals surface area (Å²) in [4.78, 5) is 17.3. The minimum absolute atomic E-state index is 0.00814. The molecule has 0 aliphatic rings. The molecule has 0 radical (unpaired) electrons. The van der Waals surface area contributed by atoms with E-state index in [1.807, 2.05) is 58.0 Å². The zero-order chi connectivity index (χ0) is 22.8. The summed E-state index contributed by atoms with van der Waals surface area (Å²) in [5.74, 6) is 1.70. The number of fused-ring (bicyclic) bond motifs is 1. The summed E-state index contributed by atoms with van der Waals surface area (Å²) in [6, 6.07) is 16.1. The summed E-state index contributed by atoms with van der Waals surface area (Å²) >= 11 is 0. The van der Waals surface area contributed by atoms with Gasteiger partial charge in [-0.1, -0.05) is 65.8 Å². The quantitative estimate of drug-likeness (QED) is 0.561. The minimum atomic E-state index is -0.451. The van der Waals surface area contributed by atoms with Gasteiger partial charge in [-0.2, -0.15) is 0 Å². The number of para-hydroxylation sites is 2. The Balaban J connectivity index is 1.76. The minimum Gasteiger partial charge on any atom is -0.492 e. The third kappa shape index (κ3) is 5.46. The van der Waals surface area contributed by atoms with Crippen LogP contribution < -0.4 is 10.1 Å². The Hall–Kier alpha value is -2.82. The van der Waals surface area contributed by atoms with Gasteiger partial charge in [-0.15, -0.1) is 0 Å². The predicted octanol–water partition coefficient (Wildman–Crippen LogP) is 5.64. The number of aromatic nitrogens is 2. The average molecular weight is 422 g/mol. The molecule has 0 spiro atoms. The molecule has 0 bridgehead atoms. The van der Waals surface area contributed by atoms with E-state index in [-0.39, 0.29) is 17.4 Å². The van der Waals surface area contributed by atoms with E-state index in [9.17, 15) is 4.79 Å². The molecule has 1 N–H and O–H groups in total. The van der Waals surface area contributed by atoms with Crippen LogP contribution in [-0.2, 0) is 16.8 Å². The maximum atomic E-state index is 12.5. The van der Waals surface area contributed by atoms with Gasteiger partial charge < -0.3 is 14.6 Å². The van der Waals surface area contributed by atoms with E-state index < -0.39 is 5.41 Å². The average Bonchev–Trinajstić information content (AvgIpc) is 3.06. The Bertz CT molecular complexity index is 1040. The van der Waals surface area contributed by atoms with E-state index >= 15 is 0 Å². The van der Waals surface area contributed by atoms with Gasteiger partial charge in [0.25, 0.3) is 0 Å². The van der Waals surface area contributed by atoms with Gasteiger partial charge in [0.2, 0.25) is 5.91 Å². The number of rotatable bonds is 6. The summed E-state index contributed by atoms with van der Waals surface area (Å²) in [7, 11) is 0. The predicted molar refractivity (Wildman–Crippen MR) is 126 cm³/mol. The molecule has 2 aromatic carbocycles. The summed E-state index contributed by atoms with van der Waals surface area (Å²) in [6.45, 7) is 15.5. The lowest BCUT2D eigenvalue weighted by Crippen LogP contribution is -2.37. The number of amides is 1. The van der Waals surface area contributed by atoms with Crippen LogP contribution in [0.4, 0.5) is 0 Å². The molecule has 3 aromatic rings. The van der Waals surface area contributed by atoms with Crippen LogP contribution in [0.5, 0.6) is 5.75 Å². The van der Waals surface area contributed by atoms with E-state index in [1.54, 1.807) is 0 Å². The van der Waals surface area contributed by atoms with Crippen LogP contribution in [-0.4, -0.2) is 22.1 Å². The summed E-state index contributed by atoms with van der Waals surface area (Å²) in [6.07, 6.45) is 0. The Labute approximate surface area is 185 Å². The second-order valence-electron chi connectivity index (χ2n) is 10.2. The molecule has 1 amide bonds. The second kappa shape index (κ2) is 8.74. The number of imidazole rings is 1. The SMILES string of the molecule is CC(NC(=O)C(C)(C)C)c1nc2ccccc2n1CCOc1ccc(C(C)(C)C)cc1. The molecule has 0 saturated heterocycles. The van der Waals surface area contributed by atoms with Crippen molar-refractivity contribution >= 4 is 16.9 Å². The van der Waals surface area contributed by atoms with Crippen LogP contribution in [0.25, 0.3) is 11.0 Å². The van der Waals surface area contributed by atoms with Crippen molar-refractivity contribution in [3.63, 3.8) is 0 Å². The highest BCUT2D eigenvalue weighted by Gasteiger charge is 2.25. The van der Waals surface area contributed by atoms with Gasteiger partial charge in [0.15, 0.2) is 0 Å². The van der Waals surface area contributed by atoms with Crippen molar-refractivity contribution in [3.05, 3.63) is 59.9 Å². The van der Waals surface area contributed by atoms with Crippen molar-refractivity contribution in [1.82, 2.24) is 14.9 Å². The zero-order valence-electron chi connectivity index (χ0n) is 19.8. The van der Waals surface area contributed by atoms with Gasteiger partial charge in [-0.05, 0) is 42.2 Å². The van der Waals surface area contributed by atoms with Crippen molar-refractivity contribution < 1.29 is 9.53 Å². The smallest absolute Gasteiger partial charge is 0.225 e. The monoisotopic (exact) mass is 421 g/mol. The number of hydrogen-bond donors (Lipinski definition) is 1. The Morgan fingerprint density at radius 1 is 1.03 bits per heavy atom. The highest BCUT2D eigenvalue weighted by molar-refractivity contribution is 5.82. The van der Waals surface area contributed by atoms with Crippen LogP contribution in [0.15, 0.2) is 48.5 Å². The van der Waals surface area contributed by atoms with Crippen LogP contribution in [0.1, 0.15) is 65.9 Å². The molecule has 0 saturated carbocycles. The van der Waals surface area contributed by atoms with Crippen LogP contribution in [0.3, 0.4) is 0 Å². The zero-order valence-corrected chi connectivity index (χ0v) is 19.8. The van der Waals surface area contributed by atoms with Crippen LogP contribution in [0.2, 0.25) is 0 Å². The first-order valence-electron chi connectivity index (χ1n) is 11.0. The Kier molecular flexibility index (Phi) is 6.44. The summed E-state index contributed by atoms with van der Waals surface area (Å²) in [5, 5.41) is 3.10. The Morgan fingerprint density at radius 3 is 2.29 bits per heavy atom. The van der Waals surface area contributed by atoms with Gasteiger partial charge in [0, 0.05) is 5.41 Å². The van der Waals surface area contributed by atoms with Crippen molar-refractivity contribution in [2.75, 3.05) is 6.61 Å². The number of benzene rings is 2. The van der Waals surface area contributed by atoms with E-state index in [0.717, 1.165) is 22.6 Å². The highest BCUT2D eigenvalue weighted by Crippen LogP contribution is 2.25. The first-order valence-corrected chi connectivity index (χ1v) is 11.0. The number of nitrogens with one attached hydrogen (secondary N) is 1. The van der Waals surface area contributed by atoms with Crippen molar-refractivity contribution in [1.29, 1.82) is 0 Å². The van der Waals surface area contributed by atoms with Crippen molar-refractivity contribution in [2.45, 2.75) is 66.5 Å². The first kappa shape index (κ1) is 22.9. The number of ether oxygens (including phenoxy) is 1. The fraction of sp³-hybridized carbons (Fsp3) is 0.462. The third-order valence-electron chi connectivity index (χ3n) is 5.40. The number of carbonyl (C=O) groups excluding carboxylic acids is 1. The molecule has 1 heterocycles.